The predicted octanol–water partition coefficient (Wildman–Crippen LogP) is -0.847. The number of nitrogen functional groups attached to an aromatic ring is 1. The van der Waals surface area contributed by atoms with Gasteiger partial charge in [-0.05, 0) is 13.8 Å². The summed E-state index contributed by atoms with van der Waals surface area (Å²) in [4.78, 5) is 48.1. The summed E-state index contributed by atoms with van der Waals surface area (Å²) >= 11 is 0. The van der Waals surface area contributed by atoms with Gasteiger partial charge in [0.05, 0.1) is 18.6 Å². The summed E-state index contributed by atoms with van der Waals surface area (Å²) in [5, 5.41) is 22.0. The lowest BCUT2D eigenvalue weighted by Crippen LogP contribution is -2.47. The van der Waals surface area contributed by atoms with Gasteiger partial charge in [-0.2, -0.15) is 13.6 Å². The first-order valence-corrected chi connectivity index (χ1v) is 13.8. The Morgan fingerprint density at radius 3 is 2.46 bits per heavy atom. The Kier molecular flexibility index (Phi) is 7.60. The third-order valence-corrected chi connectivity index (χ3v) is 8.44. The molecule has 1 saturated heterocycles. The molecule has 3 unspecified atom stereocenters. The smallest absolute Gasteiger partial charge is 0.386 e. The number of ether oxygens (including phenoxy) is 1. The van der Waals surface area contributed by atoms with Crippen molar-refractivity contribution >= 4 is 40.6 Å². The van der Waals surface area contributed by atoms with Crippen LogP contribution in [-0.4, -0.2) is 73.2 Å². The van der Waals surface area contributed by atoms with Crippen molar-refractivity contribution in [1.29, 1.82) is 0 Å². The predicted molar refractivity (Wildman–Crippen MR) is 112 cm³/mol. The van der Waals surface area contributed by atoms with E-state index >= 15 is 0 Å². The van der Waals surface area contributed by atoms with Gasteiger partial charge in [0.2, 0.25) is 5.95 Å². The van der Waals surface area contributed by atoms with E-state index < -0.39 is 53.6 Å². The van der Waals surface area contributed by atoms with E-state index in [1.54, 1.807) is 0 Å². The molecule has 1 aliphatic heterocycles. The van der Waals surface area contributed by atoms with E-state index in [1.807, 2.05) is 0 Å². The molecule has 0 saturated carbocycles. The quantitative estimate of drug-likeness (QED) is 0.153. The fourth-order valence-electron chi connectivity index (χ4n) is 3.28. The van der Waals surface area contributed by atoms with Gasteiger partial charge in [0.1, 0.15) is 17.7 Å². The number of phosphoric ester groups is 1. The second-order valence-corrected chi connectivity index (χ2v) is 11.5. The van der Waals surface area contributed by atoms with Gasteiger partial charge >= 0.3 is 23.5 Å². The van der Waals surface area contributed by atoms with Crippen molar-refractivity contribution in [2.75, 3.05) is 5.73 Å². The maximum absolute atomic E-state index is 12.2. The molecule has 0 bridgehead atoms. The lowest BCUT2D eigenvalue weighted by molar-refractivity contribution is -0.0831. The summed E-state index contributed by atoms with van der Waals surface area (Å²) in [5.74, 6) is 4.69. The van der Waals surface area contributed by atoms with Crippen LogP contribution >= 0.6 is 23.5 Å². The van der Waals surface area contributed by atoms with Crippen LogP contribution in [0, 0.1) is 11.8 Å². The number of aliphatic hydroxyl groups excluding tert-OH is 1. The molecule has 194 valence electrons. The van der Waals surface area contributed by atoms with Gasteiger partial charge in [0.25, 0.3) is 0 Å². The SMILES string of the molecule is CC#CC1(O)[C@@H](O)[C@@H]([C@@H](C)OP(=O)(O)OP(=O)(O)OP(=O)(O)O)O[C@H]1n1cnc2cnc(N)nc21. The lowest BCUT2D eigenvalue weighted by atomic mass is 9.93. The average Bonchev–Trinajstić information content (AvgIpc) is 3.17. The van der Waals surface area contributed by atoms with Crippen molar-refractivity contribution in [2.45, 2.75) is 44.0 Å². The van der Waals surface area contributed by atoms with Gasteiger partial charge in [-0.25, -0.2) is 23.7 Å². The van der Waals surface area contributed by atoms with E-state index in [4.69, 9.17) is 24.8 Å². The number of hydrogen-bond acceptors (Lipinski definition) is 13. The fraction of sp³-hybridized carbons (Fsp3) is 0.500. The maximum Gasteiger partial charge on any atom is 0.490 e. The first-order chi connectivity index (χ1) is 16.0. The molecular weight excluding hydrogens is 539 g/mol. The molecule has 2 aromatic heterocycles. The molecule has 0 aliphatic carbocycles. The van der Waals surface area contributed by atoms with Gasteiger partial charge < -0.3 is 40.3 Å². The van der Waals surface area contributed by atoms with E-state index in [0.29, 0.717) is 0 Å². The molecule has 0 spiro atoms. The standard InChI is InChI=1S/C14H20N5O13P3/c1-3-4-14(21)10(20)9(7(2)30-34(25,26)32-35(27,28)31-33(22,23)24)29-12(14)19-6-17-8-5-16-13(15)18-11(8)19/h5-7,9-10,12,20-21H,1-2H3,(H,25,26)(H,27,28)(H2,15,16,18)(H2,22,23,24)/t7-,9-,10+,12-,14?/m1/s1. The maximum atomic E-state index is 12.2. The highest BCUT2D eigenvalue weighted by Gasteiger charge is 2.58. The van der Waals surface area contributed by atoms with Gasteiger partial charge in [0.15, 0.2) is 17.5 Å². The number of aliphatic hydroxyl groups is 2. The Morgan fingerprint density at radius 2 is 1.86 bits per heavy atom. The first-order valence-electron chi connectivity index (χ1n) is 9.25. The summed E-state index contributed by atoms with van der Waals surface area (Å²) in [6.07, 6.45) is -4.21. The largest absolute Gasteiger partial charge is 0.490 e. The number of hydrogen-bond donors (Lipinski definition) is 7. The van der Waals surface area contributed by atoms with Crippen LogP contribution in [0.2, 0.25) is 0 Å². The zero-order valence-corrected chi connectivity index (χ0v) is 20.4. The van der Waals surface area contributed by atoms with E-state index in [2.05, 4.69) is 35.4 Å². The van der Waals surface area contributed by atoms with E-state index in [-0.39, 0.29) is 17.1 Å². The highest BCUT2D eigenvalue weighted by Crippen LogP contribution is 2.66. The number of imidazole rings is 1. The molecule has 21 heteroatoms. The minimum Gasteiger partial charge on any atom is -0.386 e. The number of aromatic nitrogens is 4. The molecule has 3 rings (SSSR count). The molecule has 0 amide bonds. The summed E-state index contributed by atoms with van der Waals surface area (Å²) in [7, 11) is -16.9. The van der Waals surface area contributed by atoms with Crippen LogP contribution in [0.25, 0.3) is 11.2 Å². The number of nitrogens with zero attached hydrogens (tertiary/aromatic N) is 4. The molecule has 35 heavy (non-hydrogen) atoms. The van der Waals surface area contributed by atoms with Crippen molar-refractivity contribution < 1.29 is 61.4 Å². The van der Waals surface area contributed by atoms with Gasteiger partial charge in [0, 0.05) is 0 Å². The van der Waals surface area contributed by atoms with Crippen LogP contribution < -0.4 is 5.73 Å². The first kappa shape index (κ1) is 27.8. The van der Waals surface area contributed by atoms with Gasteiger partial charge in [-0.3, -0.25) is 9.09 Å². The fourth-order valence-corrected chi connectivity index (χ4v) is 6.49. The second-order valence-electron chi connectivity index (χ2n) is 7.09. The van der Waals surface area contributed by atoms with Crippen molar-refractivity contribution in [1.82, 2.24) is 19.5 Å². The number of nitrogens with two attached hydrogens (primary N) is 1. The molecule has 2 aromatic rings. The normalized spacial score (nSPS) is 29.2. The average molecular weight is 559 g/mol. The van der Waals surface area contributed by atoms with Crippen molar-refractivity contribution in [3.8, 4) is 11.8 Å². The molecule has 7 atom stereocenters. The summed E-state index contributed by atoms with van der Waals surface area (Å²) < 4.78 is 53.3. The third kappa shape index (κ3) is 6.13. The Balaban J connectivity index is 1.89. The highest BCUT2D eigenvalue weighted by molar-refractivity contribution is 7.66. The van der Waals surface area contributed by atoms with Crippen LogP contribution in [0.1, 0.15) is 20.1 Å². The summed E-state index contributed by atoms with van der Waals surface area (Å²) in [6, 6.07) is 0. The topological polar surface area (TPSA) is 279 Å². The van der Waals surface area contributed by atoms with Crippen LogP contribution in [0.15, 0.2) is 12.5 Å². The highest BCUT2D eigenvalue weighted by atomic mass is 31.3. The molecule has 18 nitrogen and oxygen atoms in total. The molecule has 1 fully saturated rings. The summed E-state index contributed by atoms with van der Waals surface area (Å²) in [5.41, 5.74) is 3.59. The Hall–Kier alpha value is -1.80. The molecule has 3 heterocycles. The van der Waals surface area contributed by atoms with E-state index in [1.165, 1.54) is 24.0 Å². The third-order valence-electron chi connectivity index (χ3n) is 4.52. The lowest BCUT2D eigenvalue weighted by Gasteiger charge is -2.27. The molecular formula is C14H20N5O13P3. The Labute approximate surface area is 196 Å². The van der Waals surface area contributed by atoms with Gasteiger partial charge in [-0.15, -0.1) is 5.92 Å². The number of fused-ring (bicyclic) bond motifs is 1. The number of phosphoric acid groups is 3. The minimum atomic E-state index is -5.77. The molecule has 0 radical (unpaired) electrons. The van der Waals surface area contributed by atoms with E-state index in [0.717, 1.165) is 6.92 Å². The van der Waals surface area contributed by atoms with Crippen molar-refractivity contribution in [2.24, 2.45) is 0 Å². The van der Waals surface area contributed by atoms with Crippen LogP contribution in [0.4, 0.5) is 5.95 Å². The molecule has 8 N–H and O–H groups in total. The van der Waals surface area contributed by atoms with Crippen LogP contribution in [0.3, 0.4) is 0 Å². The monoisotopic (exact) mass is 559 g/mol. The summed E-state index contributed by atoms with van der Waals surface area (Å²) in [6.45, 7) is 2.43. The zero-order valence-electron chi connectivity index (χ0n) is 17.7. The Morgan fingerprint density at radius 1 is 1.20 bits per heavy atom. The van der Waals surface area contributed by atoms with Gasteiger partial charge in [-0.1, -0.05) is 5.92 Å². The van der Waals surface area contributed by atoms with E-state index in [9.17, 15) is 33.7 Å². The van der Waals surface area contributed by atoms with Crippen molar-refractivity contribution in [3.63, 3.8) is 0 Å². The number of rotatable bonds is 8. The van der Waals surface area contributed by atoms with Crippen LogP contribution in [-0.2, 0) is 31.6 Å². The molecule has 1 aliphatic rings. The van der Waals surface area contributed by atoms with Crippen LogP contribution in [0.5, 0.6) is 0 Å². The Bertz CT molecular complexity index is 1320. The molecule has 0 aromatic carbocycles. The zero-order chi connectivity index (χ0) is 26.4. The minimum absolute atomic E-state index is 0.0900. The second kappa shape index (κ2) is 9.58. The van der Waals surface area contributed by atoms with Crippen molar-refractivity contribution in [3.05, 3.63) is 12.5 Å². The number of anilines is 1.